The number of hydrogen-bond donors (Lipinski definition) is 1. The van der Waals surface area contributed by atoms with E-state index in [0.29, 0.717) is 28.8 Å². The van der Waals surface area contributed by atoms with Crippen LogP contribution in [0.1, 0.15) is 63.1 Å². The van der Waals surface area contributed by atoms with Gasteiger partial charge in [0.1, 0.15) is 12.5 Å². The highest BCUT2D eigenvalue weighted by atomic mass is 79.9. The van der Waals surface area contributed by atoms with Crippen molar-refractivity contribution in [3.05, 3.63) is 74.9 Å². The van der Waals surface area contributed by atoms with Crippen LogP contribution in [-0.2, 0) is 9.59 Å². The van der Waals surface area contributed by atoms with Crippen LogP contribution in [-0.4, -0.2) is 64.2 Å². The Balaban J connectivity index is 1.99. The predicted molar refractivity (Wildman–Crippen MR) is 151 cm³/mol. The van der Waals surface area contributed by atoms with E-state index in [4.69, 9.17) is 0 Å². The second-order valence-electron chi connectivity index (χ2n) is 9.34. The number of ketones is 1. The highest BCUT2D eigenvalue weighted by molar-refractivity contribution is 9.10. The molecule has 0 saturated carbocycles. The Morgan fingerprint density at radius 3 is 2.22 bits per heavy atom. The highest BCUT2D eigenvalue weighted by Gasteiger charge is 2.47. The summed E-state index contributed by atoms with van der Waals surface area (Å²) in [5.74, 6) is -1.69. The van der Waals surface area contributed by atoms with Gasteiger partial charge in [0.2, 0.25) is 5.69 Å². The first-order valence-electron chi connectivity index (χ1n) is 12.9. The number of aliphatic hydroxyl groups is 1. The molecule has 1 aliphatic heterocycles. The lowest BCUT2D eigenvalue weighted by molar-refractivity contribution is -0.350. The van der Waals surface area contributed by atoms with Gasteiger partial charge in [0.15, 0.2) is 0 Å². The van der Waals surface area contributed by atoms with Gasteiger partial charge in [-0.3, -0.25) is 9.59 Å². The maximum absolute atomic E-state index is 13.3. The molecule has 1 heterocycles. The molecule has 198 valence electrons. The molecule has 2 aromatic rings. The minimum atomic E-state index is -0.891. The Kier molecular flexibility index (Phi) is 10.5. The van der Waals surface area contributed by atoms with Gasteiger partial charge in [0.25, 0.3) is 11.7 Å². The summed E-state index contributed by atoms with van der Waals surface area (Å²) < 4.78 is 1.30. The Bertz CT molecular complexity index is 1140. The molecule has 0 radical (unpaired) electrons. The monoisotopic (exact) mass is 569 g/mol. The number of carbonyl (C=O) groups excluding carboxylic acids is 2. The number of hydrogen-bond acceptors (Lipinski definition) is 5. The molecule has 0 aliphatic carbocycles. The highest BCUT2D eigenvalue weighted by Crippen LogP contribution is 2.42. The predicted octanol–water partition coefficient (Wildman–Crippen LogP) is 6.01. The Hall–Kier alpha value is -2.97. The van der Waals surface area contributed by atoms with E-state index < -0.39 is 17.7 Å². The Labute approximate surface area is 227 Å². The number of likely N-dealkylation sites (tertiary alicyclic amines) is 1. The van der Waals surface area contributed by atoms with Crippen molar-refractivity contribution < 1.29 is 19.4 Å². The first kappa shape index (κ1) is 28.6. The van der Waals surface area contributed by atoms with Crippen LogP contribution in [0.5, 0.6) is 0 Å². The van der Waals surface area contributed by atoms with Gasteiger partial charge in [0.05, 0.1) is 17.2 Å². The minimum Gasteiger partial charge on any atom is -0.619 e. The molecule has 1 unspecified atom stereocenters. The van der Waals surface area contributed by atoms with E-state index in [1.165, 1.54) is 4.90 Å². The number of Topliss-reactive ketones (excluding diaryl/α,β-unsaturated/α-hetero) is 1. The van der Waals surface area contributed by atoms with Gasteiger partial charge < -0.3 is 20.1 Å². The summed E-state index contributed by atoms with van der Waals surface area (Å²) in [6, 6.07) is 12.7. The van der Waals surface area contributed by atoms with Crippen LogP contribution >= 0.6 is 15.9 Å². The van der Waals surface area contributed by atoms with Crippen LogP contribution in [0.3, 0.4) is 0 Å². The topological polar surface area (TPSA) is 86.9 Å². The van der Waals surface area contributed by atoms with Crippen molar-refractivity contribution in [1.29, 1.82) is 0 Å². The number of halogens is 1. The van der Waals surface area contributed by atoms with Gasteiger partial charge in [0, 0.05) is 22.6 Å². The van der Waals surface area contributed by atoms with Gasteiger partial charge in [-0.05, 0) is 57.1 Å². The zero-order valence-corrected chi connectivity index (χ0v) is 23.2. The number of carbonyl (C=O) groups is 2. The normalized spacial score (nSPS) is 17.1. The maximum atomic E-state index is 13.3. The van der Waals surface area contributed by atoms with Crippen LogP contribution in [0.15, 0.2) is 58.6 Å². The van der Waals surface area contributed by atoms with Crippen molar-refractivity contribution in [2.24, 2.45) is 0 Å². The molecule has 1 amide bonds. The summed E-state index contributed by atoms with van der Waals surface area (Å²) in [5, 5.41) is 23.5. The summed E-state index contributed by atoms with van der Waals surface area (Å²) in [4.78, 5) is 30.5. The van der Waals surface area contributed by atoms with Gasteiger partial charge in [-0.1, -0.05) is 66.9 Å². The van der Waals surface area contributed by atoms with Gasteiger partial charge in [-0.25, -0.2) is 0 Å². The van der Waals surface area contributed by atoms with Gasteiger partial charge in [-0.15, -0.1) is 0 Å². The minimum absolute atomic E-state index is 0.0181. The summed E-state index contributed by atoms with van der Waals surface area (Å²) >= 11 is 3.38. The van der Waals surface area contributed by atoms with E-state index in [1.54, 1.807) is 48.5 Å². The number of amides is 1. The third-order valence-electron chi connectivity index (χ3n) is 6.69. The molecule has 1 N–H and O–H groups in total. The first-order chi connectivity index (χ1) is 17.8. The lowest BCUT2D eigenvalue weighted by atomic mass is 9.94. The first-order valence-corrected chi connectivity index (χ1v) is 13.7. The van der Waals surface area contributed by atoms with Crippen LogP contribution in [0, 0.1) is 5.21 Å². The largest absolute Gasteiger partial charge is 0.619 e. The number of aliphatic hydroxyl groups excluding tert-OH is 1. The van der Waals surface area contributed by atoms with E-state index in [1.807, 2.05) is 0 Å². The molecule has 1 atom stereocenters. The van der Waals surface area contributed by atoms with E-state index in [-0.39, 0.29) is 17.0 Å². The Morgan fingerprint density at radius 1 is 1.03 bits per heavy atom. The molecule has 37 heavy (non-hydrogen) atoms. The maximum Gasteiger partial charge on any atom is 0.295 e. The summed E-state index contributed by atoms with van der Waals surface area (Å²) in [5.41, 5.74) is 1.10. The molecule has 1 fully saturated rings. The number of para-hydroxylation sites is 1. The molecular formula is C29H36BrN3O4. The number of nitrogens with zero attached hydrogens (tertiary/aromatic N) is 3. The second kappa shape index (κ2) is 13.5. The van der Waals surface area contributed by atoms with Crippen LogP contribution < -0.4 is 0 Å². The molecule has 7 nitrogen and oxygen atoms in total. The molecule has 1 saturated heterocycles. The van der Waals surface area contributed by atoms with E-state index in [2.05, 4.69) is 41.4 Å². The van der Waals surface area contributed by atoms with Crippen molar-refractivity contribution in [3.8, 4) is 0 Å². The third kappa shape index (κ3) is 6.87. The molecule has 0 bridgehead atoms. The van der Waals surface area contributed by atoms with Crippen molar-refractivity contribution >= 4 is 45.8 Å². The number of unbranched alkanes of at least 4 members (excludes halogenated alkanes) is 2. The van der Waals surface area contributed by atoms with Gasteiger partial charge in [-0.2, -0.15) is 4.74 Å². The number of rotatable bonds is 13. The smallest absolute Gasteiger partial charge is 0.295 e. The molecule has 2 aromatic carbocycles. The molecule has 0 aromatic heterocycles. The van der Waals surface area contributed by atoms with E-state index >= 15 is 0 Å². The standard InChI is InChI=1S/C29H36BrN3O4/c1-4-6-17-32(18-7-5-2)19-10-20-33-26(23-11-8-9-12-24(23)31(3)37)25(28(35)29(33)36)27(34)21-13-15-22(30)16-14-21/h8-9,11-16,26,34H,3-7,10,17-20H2,1-2H3/b27-25-. The second-order valence-corrected chi connectivity index (χ2v) is 10.3. The third-order valence-corrected chi connectivity index (χ3v) is 7.22. The average molecular weight is 571 g/mol. The molecule has 3 rings (SSSR count). The average Bonchev–Trinajstić information content (AvgIpc) is 3.14. The molecule has 1 aliphatic rings. The van der Waals surface area contributed by atoms with Gasteiger partial charge >= 0.3 is 0 Å². The molecular weight excluding hydrogens is 534 g/mol. The molecule has 8 heteroatoms. The summed E-state index contributed by atoms with van der Waals surface area (Å²) in [7, 11) is 0. The van der Waals surface area contributed by atoms with E-state index in [9.17, 15) is 19.9 Å². The fourth-order valence-corrected chi connectivity index (χ4v) is 4.97. The number of benzene rings is 2. The van der Waals surface area contributed by atoms with Crippen molar-refractivity contribution in [2.75, 3.05) is 26.2 Å². The zero-order valence-electron chi connectivity index (χ0n) is 21.7. The lowest BCUT2D eigenvalue weighted by Gasteiger charge is -2.28. The Morgan fingerprint density at radius 2 is 1.62 bits per heavy atom. The van der Waals surface area contributed by atoms with Crippen LogP contribution in [0.25, 0.3) is 5.76 Å². The summed E-state index contributed by atoms with van der Waals surface area (Å²) in [6.07, 6.45) is 5.11. The zero-order chi connectivity index (χ0) is 26.9. The van der Waals surface area contributed by atoms with Crippen molar-refractivity contribution in [1.82, 2.24) is 9.80 Å². The lowest BCUT2D eigenvalue weighted by Crippen LogP contribution is -2.34. The van der Waals surface area contributed by atoms with Crippen LogP contribution in [0.4, 0.5) is 5.69 Å². The van der Waals surface area contributed by atoms with Crippen molar-refractivity contribution in [2.45, 2.75) is 52.0 Å². The van der Waals surface area contributed by atoms with Crippen LogP contribution in [0.2, 0.25) is 0 Å². The molecule has 0 spiro atoms. The fourth-order valence-electron chi connectivity index (χ4n) is 4.71. The summed E-state index contributed by atoms with van der Waals surface area (Å²) in [6.45, 7) is 10.9. The van der Waals surface area contributed by atoms with Crippen molar-refractivity contribution in [3.63, 3.8) is 0 Å². The fraction of sp³-hybridized carbons (Fsp3) is 0.414. The van der Waals surface area contributed by atoms with E-state index in [0.717, 1.165) is 49.8 Å². The SMILES string of the molecule is C=[N+]([O-])c1ccccc1C1/C(=C(/O)c2ccc(Br)cc2)C(=O)C(=O)N1CCCN(CCCC)CCCC. The quantitative estimate of drug-likeness (QED) is 0.0607.